The van der Waals surface area contributed by atoms with Gasteiger partial charge in [0.1, 0.15) is 0 Å². The molecule has 0 atom stereocenters. The Balaban J connectivity index is -0.0000000545. The Morgan fingerprint density at radius 2 is 0.324 bits per heavy atom. The molecule has 0 spiro atoms. The molecule has 0 bridgehead atoms. The Morgan fingerprint density at radius 1 is 0.221 bits per heavy atom. The molecular formula is C24H40Cl6Co2N12O24. The Hall–Kier alpha value is -2.45. The van der Waals surface area contributed by atoms with Crippen molar-refractivity contribution in [3.05, 3.63) is 97.6 Å². The van der Waals surface area contributed by atoms with Crippen LogP contribution in [0.3, 0.4) is 0 Å². The van der Waals surface area contributed by atoms with Crippen LogP contribution in [0.1, 0.15) is 0 Å². The summed E-state index contributed by atoms with van der Waals surface area (Å²) in [6, 6.07) is 24.3. The molecule has 0 aliphatic heterocycles. The summed E-state index contributed by atoms with van der Waals surface area (Å²) in [7, 11) is -29.7. The number of nitrogens with zero attached hydrogens (tertiary/aromatic N) is 4. The Kier molecular flexibility index (Phi) is 60.7. The Labute approximate surface area is 415 Å². The molecule has 2 aromatic carbocycles. The van der Waals surface area contributed by atoms with Gasteiger partial charge in [-0.1, -0.05) is 48.5 Å². The normalized spacial score (nSPS) is 9.76. The van der Waals surface area contributed by atoms with Crippen molar-refractivity contribution in [3.63, 3.8) is 0 Å². The topological polar surface area (TPSA) is 885 Å². The molecule has 400 valence electrons. The molecule has 6 aromatic rings. The molecular weight excluding hydrogens is 1170 g/mol. The summed E-state index contributed by atoms with van der Waals surface area (Å²) in [6.07, 6.45) is 7.21. The van der Waals surface area contributed by atoms with Gasteiger partial charge in [0.2, 0.25) is 0 Å². The van der Waals surface area contributed by atoms with Crippen LogP contribution in [-0.2, 0) is 33.6 Å². The van der Waals surface area contributed by atoms with Gasteiger partial charge in [-0.3, -0.25) is 19.9 Å². The van der Waals surface area contributed by atoms with Crippen LogP contribution in [0.4, 0.5) is 0 Å². The molecule has 0 radical (unpaired) electrons. The smallest absolute Gasteiger partial charge is 0.344 e. The zero-order valence-electron chi connectivity index (χ0n) is 33.4. The van der Waals surface area contributed by atoms with Crippen molar-refractivity contribution in [1.29, 1.82) is 0 Å². The fraction of sp³-hybridized carbons (Fsp3) is 0. The fourth-order valence-corrected chi connectivity index (χ4v) is 3.36. The Morgan fingerprint density at radius 3 is 0.426 bits per heavy atom. The number of aromatic nitrogens is 4. The van der Waals surface area contributed by atoms with E-state index in [2.05, 4.69) is 68.5 Å². The van der Waals surface area contributed by atoms with Crippen molar-refractivity contribution in [2.75, 3.05) is 0 Å². The van der Waals surface area contributed by atoms with Gasteiger partial charge in [-0.15, -0.1) is 61.5 Å². The van der Waals surface area contributed by atoms with E-state index < -0.39 is 61.5 Å². The predicted octanol–water partition coefficient (Wildman–Crippen LogP) is -21.7. The van der Waals surface area contributed by atoms with Crippen molar-refractivity contribution in [1.82, 2.24) is 69.1 Å². The molecule has 0 saturated heterocycles. The second-order valence-corrected chi connectivity index (χ2v) is 13.2. The zero-order chi connectivity index (χ0) is 45.8. The third-order valence-corrected chi connectivity index (χ3v) is 4.69. The molecule has 4 aromatic heterocycles. The minimum atomic E-state index is -4.94. The quantitative estimate of drug-likeness (QED) is 0.0655. The number of rotatable bonds is 0. The van der Waals surface area contributed by atoms with Gasteiger partial charge in [0.05, 0.1) is 22.1 Å². The molecule has 0 unspecified atom stereocenters. The molecule has 44 heteroatoms. The summed E-state index contributed by atoms with van der Waals surface area (Å²) in [4.78, 5) is 17.4. The van der Waals surface area contributed by atoms with E-state index in [4.69, 9.17) is 112 Å². The summed E-state index contributed by atoms with van der Waals surface area (Å²) >= 11 is 0. The van der Waals surface area contributed by atoms with Crippen LogP contribution in [-0.4, -0.2) is 19.9 Å². The summed E-state index contributed by atoms with van der Waals surface area (Å²) in [6.45, 7) is 0. The first-order valence-corrected chi connectivity index (χ1v) is 20.2. The monoisotopic (exact) mass is 1210 g/mol. The number of pyridine rings is 4. The molecule has 36 nitrogen and oxygen atoms in total. The molecule has 6 rings (SSSR count). The minimum Gasteiger partial charge on any atom is -0.344 e. The van der Waals surface area contributed by atoms with Crippen molar-refractivity contribution in [2.45, 2.75) is 0 Å². The van der Waals surface area contributed by atoms with E-state index in [9.17, 15) is 0 Å². The van der Waals surface area contributed by atoms with E-state index in [1.165, 1.54) is 0 Å². The largest absolute Gasteiger partial charge is 3.00 e. The maximum absolute atomic E-state index is 8.49. The van der Waals surface area contributed by atoms with E-state index in [-0.39, 0.29) is 82.8 Å². The van der Waals surface area contributed by atoms with Crippen molar-refractivity contribution in [2.24, 2.45) is 0 Å². The third-order valence-electron chi connectivity index (χ3n) is 4.69. The molecule has 4 heterocycles. The Bertz CT molecular complexity index is 1740. The van der Waals surface area contributed by atoms with Gasteiger partial charge in [0, 0.05) is 46.3 Å². The number of hydrogen-bond acceptors (Lipinski definition) is 36. The summed E-state index contributed by atoms with van der Waals surface area (Å²) in [5.74, 6) is 0. The van der Waals surface area contributed by atoms with Crippen LogP contribution in [0, 0.1) is 61.5 Å². The summed E-state index contributed by atoms with van der Waals surface area (Å²) < 4.78 is 204. The molecule has 24 N–H and O–H groups in total. The van der Waals surface area contributed by atoms with E-state index in [1.807, 2.05) is 24.3 Å². The van der Waals surface area contributed by atoms with Crippen molar-refractivity contribution >= 4 is 43.6 Å². The van der Waals surface area contributed by atoms with Gasteiger partial charge in [0.25, 0.3) is 0 Å². The SMILES string of the molecule is N.N.N.N.N.N.N.N.[Co+3].[Co+3].[O-][Cl+3]([O-])([O-])[O-].[O-][Cl+3]([O-])([O-])[O-].[O-][Cl+3]([O-])([O-])[O-].[O-][Cl+3]([O-])([O-])[O-].[O-][Cl+3]([O-])([O-])[O-].[O-][Cl+3]([O-])([O-])[O-].c1cnc2c(c1)ccc1cccnc12.c1cnc2c(c1)ccc1cccnc12. The molecule has 0 fully saturated rings. The van der Waals surface area contributed by atoms with Crippen LogP contribution >= 0.6 is 0 Å². The van der Waals surface area contributed by atoms with Gasteiger partial charge in [-0.05, 0) is 24.3 Å². The average Bonchev–Trinajstić information content (AvgIpc) is 3.00. The van der Waals surface area contributed by atoms with Crippen molar-refractivity contribution in [3.8, 4) is 0 Å². The van der Waals surface area contributed by atoms with E-state index in [0.717, 1.165) is 43.6 Å². The van der Waals surface area contributed by atoms with Gasteiger partial charge in [-0.25, -0.2) is 112 Å². The molecule has 0 aliphatic rings. The number of fused-ring (bicyclic) bond motifs is 6. The molecule has 0 saturated carbocycles. The number of halogens is 6. The average molecular weight is 1210 g/mol. The minimum absolute atomic E-state index is 0. The second-order valence-electron chi connectivity index (χ2n) is 8.70. The predicted molar refractivity (Wildman–Crippen MR) is 154 cm³/mol. The van der Waals surface area contributed by atoms with Gasteiger partial charge in [-0.2, -0.15) is 0 Å². The second kappa shape index (κ2) is 43.4. The maximum Gasteiger partial charge on any atom is 3.00 e. The van der Waals surface area contributed by atoms with Crippen LogP contribution in [0.2, 0.25) is 0 Å². The van der Waals surface area contributed by atoms with Gasteiger partial charge in [0.15, 0.2) is 0 Å². The number of hydrogen-bond donors (Lipinski definition) is 8. The molecule has 0 amide bonds. The van der Waals surface area contributed by atoms with E-state index in [1.54, 1.807) is 24.8 Å². The van der Waals surface area contributed by atoms with Crippen molar-refractivity contribution < 1.29 is 207 Å². The first-order valence-electron chi connectivity index (χ1n) is 12.8. The van der Waals surface area contributed by atoms with E-state index >= 15 is 0 Å². The van der Waals surface area contributed by atoms with Crippen LogP contribution in [0.25, 0.3) is 43.6 Å². The van der Waals surface area contributed by atoms with Gasteiger partial charge < -0.3 is 49.2 Å². The molecule has 0 aliphatic carbocycles. The van der Waals surface area contributed by atoms with Crippen LogP contribution in [0.15, 0.2) is 97.6 Å². The summed E-state index contributed by atoms with van der Waals surface area (Å²) in [5, 5.41) is 4.55. The van der Waals surface area contributed by atoms with Crippen LogP contribution < -0.4 is 161 Å². The first kappa shape index (κ1) is 95.2. The first-order chi connectivity index (χ1) is 25.9. The zero-order valence-corrected chi connectivity index (χ0v) is 40.0. The standard InChI is InChI=1S/2C12H8N2.6ClHO4.2Co.8H3N/c2*1-3-9-5-6-10-4-2-8-14-12(10)11(9)13-7-1;6*2-1(3,4)5;;;;;;;;;;/h2*1-8H;6*(H,2,3,4,5);;;8*1H3/q;;;;;;;;2*+3;;;;;;;;/p-6. The third kappa shape index (κ3) is 70.1. The van der Waals surface area contributed by atoms with E-state index in [0.29, 0.717) is 0 Å². The number of benzene rings is 2. The molecule has 68 heavy (non-hydrogen) atoms. The summed E-state index contributed by atoms with van der Waals surface area (Å²) in [5.41, 5.74) is 3.91. The fourth-order valence-electron chi connectivity index (χ4n) is 3.36. The van der Waals surface area contributed by atoms with Crippen LogP contribution in [0.5, 0.6) is 0 Å². The maximum atomic E-state index is 8.49. The van der Waals surface area contributed by atoms with Gasteiger partial charge >= 0.3 is 33.6 Å².